The van der Waals surface area contributed by atoms with Gasteiger partial charge >= 0.3 is 23.9 Å². The smallest absolute Gasteiger partial charge is 0.343 e. The molecule has 0 unspecified atom stereocenters. The number of thioether (sulfide) groups is 1. The van der Waals surface area contributed by atoms with E-state index in [4.69, 9.17) is 28.4 Å². The van der Waals surface area contributed by atoms with Crippen LogP contribution in [0.25, 0.3) is 0 Å². The lowest BCUT2D eigenvalue weighted by Gasteiger charge is -2.15. The van der Waals surface area contributed by atoms with Crippen molar-refractivity contribution in [3.8, 4) is 34.5 Å². The first-order valence-electron chi connectivity index (χ1n) is 20.9. The van der Waals surface area contributed by atoms with Gasteiger partial charge in [-0.2, -0.15) is 0 Å². The van der Waals surface area contributed by atoms with E-state index >= 15 is 0 Å². The van der Waals surface area contributed by atoms with Crippen molar-refractivity contribution in [3.05, 3.63) is 239 Å². The molecule has 0 saturated carbocycles. The van der Waals surface area contributed by atoms with E-state index in [1.165, 1.54) is 12.1 Å². The summed E-state index contributed by atoms with van der Waals surface area (Å²) in [6, 6.07) is 57.0. The van der Waals surface area contributed by atoms with E-state index in [9.17, 15) is 19.2 Å². The van der Waals surface area contributed by atoms with Gasteiger partial charge in [0.15, 0.2) is 0 Å². The molecule has 10 nitrogen and oxygen atoms in total. The minimum atomic E-state index is -0.587. The summed E-state index contributed by atoms with van der Waals surface area (Å²) in [6.07, 6.45) is 0. The van der Waals surface area contributed by atoms with E-state index in [2.05, 4.69) is 12.6 Å². The van der Waals surface area contributed by atoms with Crippen LogP contribution in [0.3, 0.4) is 0 Å². The highest BCUT2D eigenvalue weighted by Crippen LogP contribution is 2.33. The third-order valence-corrected chi connectivity index (χ3v) is 11.1. The second-order valence-corrected chi connectivity index (χ2v) is 16.4. The Hall–Kier alpha value is -8.06. The fourth-order valence-electron chi connectivity index (χ4n) is 6.58. The van der Waals surface area contributed by atoms with Crippen molar-refractivity contribution < 1.29 is 47.6 Å². The zero-order valence-electron chi connectivity index (χ0n) is 35.6. The Morgan fingerprint density at radius 2 is 0.687 bits per heavy atom. The lowest BCUT2D eigenvalue weighted by atomic mass is 10.2. The summed E-state index contributed by atoms with van der Waals surface area (Å²) in [5.41, 5.74) is 3.34. The fourth-order valence-corrected chi connectivity index (χ4v) is 7.78. The molecule has 0 aromatic heterocycles. The third-order valence-electron chi connectivity index (χ3n) is 9.73. The van der Waals surface area contributed by atoms with E-state index in [-0.39, 0.29) is 36.2 Å². The minimum absolute atomic E-state index is 0.0185. The molecule has 0 atom stereocenters. The van der Waals surface area contributed by atoms with Crippen LogP contribution in [0.4, 0.5) is 0 Å². The first-order chi connectivity index (χ1) is 32.7. The van der Waals surface area contributed by atoms with Gasteiger partial charge in [-0.05, 0) is 120 Å². The molecule has 0 aliphatic heterocycles. The molecule has 0 aliphatic carbocycles. The molecular formula is C55H40O10S2. The van der Waals surface area contributed by atoms with Crippen LogP contribution >= 0.6 is 24.4 Å². The Bertz CT molecular complexity index is 2680. The summed E-state index contributed by atoms with van der Waals surface area (Å²) in [7, 11) is 0. The van der Waals surface area contributed by atoms with Gasteiger partial charge in [-0.25, -0.2) is 19.2 Å². The first kappa shape index (κ1) is 45.5. The topological polar surface area (TPSA) is 124 Å². The normalized spacial score (nSPS) is 10.6. The van der Waals surface area contributed by atoms with E-state index in [1.54, 1.807) is 163 Å². The Kier molecular flexibility index (Phi) is 15.1. The lowest BCUT2D eigenvalue weighted by Crippen LogP contribution is -2.11. The molecule has 0 heterocycles. The summed E-state index contributed by atoms with van der Waals surface area (Å²) >= 11 is 6.11. The second-order valence-electron chi connectivity index (χ2n) is 14.8. The molecule has 0 N–H and O–H groups in total. The van der Waals surface area contributed by atoms with Gasteiger partial charge in [-0.1, -0.05) is 78.9 Å². The second kappa shape index (κ2) is 22.2. The lowest BCUT2D eigenvalue weighted by molar-refractivity contribution is 0.0713. The first-order valence-corrected chi connectivity index (χ1v) is 22.3. The van der Waals surface area contributed by atoms with E-state index in [0.717, 1.165) is 15.4 Å². The highest BCUT2D eigenvalue weighted by molar-refractivity contribution is 7.98. The molecule has 332 valence electrons. The predicted octanol–water partition coefficient (Wildman–Crippen LogP) is 12.3. The molecule has 0 saturated heterocycles. The van der Waals surface area contributed by atoms with Crippen LogP contribution in [-0.2, 0) is 19.0 Å². The number of carbonyl (C=O) groups excluding carboxylic acids is 4. The van der Waals surface area contributed by atoms with Crippen molar-refractivity contribution in [1.29, 1.82) is 0 Å². The third kappa shape index (κ3) is 13.3. The molecule has 0 bridgehead atoms. The summed E-state index contributed by atoms with van der Waals surface area (Å²) < 4.78 is 35.8. The summed E-state index contributed by atoms with van der Waals surface area (Å²) in [5, 5.41) is 0. The number of hydrogen-bond acceptors (Lipinski definition) is 12. The quantitative estimate of drug-likeness (QED) is 0.0406. The van der Waals surface area contributed by atoms with E-state index in [1.807, 2.05) is 36.4 Å². The van der Waals surface area contributed by atoms with Crippen LogP contribution in [-0.4, -0.2) is 23.9 Å². The van der Waals surface area contributed by atoms with Crippen molar-refractivity contribution in [2.24, 2.45) is 0 Å². The molecule has 8 rings (SSSR count). The number of ether oxygens (including phenoxy) is 6. The molecular weight excluding hydrogens is 885 g/mol. The van der Waals surface area contributed by atoms with Gasteiger partial charge in [0.1, 0.15) is 47.7 Å². The summed E-state index contributed by atoms with van der Waals surface area (Å²) in [6.45, 7) is -0.0371. The number of esters is 4. The van der Waals surface area contributed by atoms with Gasteiger partial charge in [0, 0.05) is 33.7 Å². The van der Waals surface area contributed by atoms with Crippen LogP contribution in [0.1, 0.15) is 58.1 Å². The van der Waals surface area contributed by atoms with Crippen molar-refractivity contribution in [3.63, 3.8) is 0 Å². The Balaban J connectivity index is 1.06. The average molecular weight is 925 g/mol. The van der Waals surface area contributed by atoms with E-state index < -0.39 is 23.9 Å². The number of thiol groups is 1. The molecule has 67 heavy (non-hydrogen) atoms. The highest BCUT2D eigenvalue weighted by Gasteiger charge is 2.17. The Morgan fingerprint density at radius 1 is 0.358 bits per heavy atom. The Labute approximate surface area is 396 Å². The monoisotopic (exact) mass is 924 g/mol. The van der Waals surface area contributed by atoms with Gasteiger partial charge < -0.3 is 28.4 Å². The molecule has 0 spiro atoms. The van der Waals surface area contributed by atoms with Gasteiger partial charge in [0.25, 0.3) is 0 Å². The molecule has 8 aromatic rings. The van der Waals surface area contributed by atoms with Crippen molar-refractivity contribution in [2.75, 3.05) is 0 Å². The van der Waals surface area contributed by atoms with Crippen LogP contribution in [0.2, 0.25) is 0 Å². The zero-order chi connectivity index (χ0) is 46.4. The molecule has 8 aromatic carbocycles. The number of hydrogen-bond donors (Lipinski definition) is 1. The largest absolute Gasteiger partial charge is 0.489 e. The van der Waals surface area contributed by atoms with Crippen LogP contribution in [0.15, 0.2) is 210 Å². The average Bonchev–Trinajstić information content (AvgIpc) is 3.35. The fraction of sp³-hybridized carbons (Fsp3) is 0.0545. The number of rotatable bonds is 17. The molecule has 12 heteroatoms. The molecule has 0 radical (unpaired) electrons. The van der Waals surface area contributed by atoms with Crippen molar-refractivity contribution in [1.82, 2.24) is 0 Å². The Morgan fingerprint density at radius 3 is 1.03 bits per heavy atom. The maximum atomic E-state index is 13.1. The molecule has 0 aliphatic rings. The SMILES string of the molecule is O=C(Oc1cc(COc2cc(CSc3cccc(S)c3)cc(OCc3cc(OC(=O)c4ccccc4)cc(OC(=O)c4ccccc4)c3)c2)cc(OC(=O)c2ccccc2)c1)c1ccccc1. The van der Waals surface area contributed by atoms with Crippen molar-refractivity contribution >= 4 is 48.3 Å². The zero-order valence-corrected chi connectivity index (χ0v) is 37.3. The van der Waals surface area contributed by atoms with Gasteiger partial charge in [-0.3, -0.25) is 0 Å². The standard InChI is InChI=1S/C55H40O10S2/c56-52(40-14-5-1-6-15-40)62-46-24-37(25-47(31-46)63-53(57)41-16-7-2-8-17-41)34-60-44-28-39(36-67-51-23-13-22-50(66)33-51)29-45(30-44)61-35-38-26-48(64-54(58)42-18-9-3-10-19-42)32-49(27-38)65-55(59)43-20-11-4-12-21-43/h1-33,66H,34-36H2. The predicted molar refractivity (Wildman–Crippen MR) is 257 cm³/mol. The summed E-state index contributed by atoms with van der Waals surface area (Å²) in [4.78, 5) is 54.3. The minimum Gasteiger partial charge on any atom is -0.489 e. The van der Waals surface area contributed by atoms with Crippen LogP contribution in [0.5, 0.6) is 34.5 Å². The van der Waals surface area contributed by atoms with Gasteiger partial charge in [0.05, 0.1) is 22.3 Å². The van der Waals surface area contributed by atoms with E-state index in [0.29, 0.717) is 50.6 Å². The van der Waals surface area contributed by atoms with Gasteiger partial charge in [0.2, 0.25) is 0 Å². The number of carbonyl (C=O) groups is 4. The van der Waals surface area contributed by atoms with Crippen LogP contribution < -0.4 is 28.4 Å². The maximum Gasteiger partial charge on any atom is 0.343 e. The number of benzene rings is 8. The summed E-state index contributed by atoms with van der Waals surface area (Å²) in [5.74, 6) is -0.303. The molecule has 0 fully saturated rings. The van der Waals surface area contributed by atoms with Crippen molar-refractivity contribution in [2.45, 2.75) is 28.8 Å². The molecule has 0 amide bonds. The van der Waals surface area contributed by atoms with Crippen LogP contribution in [0, 0.1) is 0 Å². The highest BCUT2D eigenvalue weighted by atomic mass is 32.2. The van der Waals surface area contributed by atoms with Gasteiger partial charge in [-0.15, -0.1) is 24.4 Å². The maximum absolute atomic E-state index is 13.1.